The summed E-state index contributed by atoms with van der Waals surface area (Å²) < 4.78 is 1.72. The van der Waals surface area contributed by atoms with Gasteiger partial charge in [0.25, 0.3) is 5.91 Å². The summed E-state index contributed by atoms with van der Waals surface area (Å²) in [5.41, 5.74) is 1.94. The molecule has 8 heteroatoms. The van der Waals surface area contributed by atoms with Crippen LogP contribution >= 0.6 is 0 Å². The summed E-state index contributed by atoms with van der Waals surface area (Å²) in [7, 11) is 1.80. The molecule has 128 valence electrons. The number of carbonyl (C=O) groups excluding carboxylic acids is 2. The minimum absolute atomic E-state index is 0.00282. The smallest absolute Gasteiger partial charge is 0.253 e. The molecule has 8 nitrogen and oxygen atoms in total. The molecule has 0 bridgehead atoms. The first kappa shape index (κ1) is 15.5. The Morgan fingerprint density at radius 1 is 1.24 bits per heavy atom. The average molecular weight is 338 g/mol. The van der Waals surface area contributed by atoms with E-state index in [2.05, 4.69) is 20.4 Å². The lowest BCUT2D eigenvalue weighted by Gasteiger charge is -2.32. The van der Waals surface area contributed by atoms with Gasteiger partial charge in [-0.25, -0.2) is 4.98 Å². The van der Waals surface area contributed by atoms with Gasteiger partial charge in [-0.3, -0.25) is 9.59 Å². The summed E-state index contributed by atoms with van der Waals surface area (Å²) in [6.45, 7) is 1.07. The van der Waals surface area contributed by atoms with Gasteiger partial charge in [0.15, 0.2) is 5.82 Å². The van der Waals surface area contributed by atoms with E-state index in [0.717, 1.165) is 18.4 Å². The van der Waals surface area contributed by atoms with Crippen LogP contribution in [0, 0.1) is 5.92 Å². The topological polar surface area (TPSA) is 96.8 Å². The van der Waals surface area contributed by atoms with Crippen LogP contribution in [0.3, 0.4) is 0 Å². The van der Waals surface area contributed by atoms with Crippen molar-refractivity contribution in [3.8, 4) is 0 Å². The predicted octanol–water partition coefficient (Wildman–Crippen LogP) is 1.43. The molecule has 1 fully saturated rings. The number of fused-ring (bicyclic) bond motifs is 1. The molecule has 1 aliphatic rings. The van der Waals surface area contributed by atoms with Crippen LogP contribution in [0.15, 0.2) is 30.6 Å². The highest BCUT2D eigenvalue weighted by molar-refractivity contribution is 5.99. The van der Waals surface area contributed by atoms with E-state index in [1.54, 1.807) is 47.1 Å². The van der Waals surface area contributed by atoms with Gasteiger partial charge < -0.3 is 9.47 Å². The highest BCUT2D eigenvalue weighted by Crippen LogP contribution is 2.22. The first-order chi connectivity index (χ1) is 12.1. The van der Waals surface area contributed by atoms with E-state index in [1.165, 1.54) is 0 Å². The summed E-state index contributed by atoms with van der Waals surface area (Å²) in [6.07, 6.45) is 4.95. The maximum atomic E-state index is 12.8. The standard InChI is InChI=1S/C17H18N6O2/c1-22-8-6-18-16(22)15(24)12-3-2-7-23(10-12)17(25)11-4-5-13-14(9-11)20-21-19-13/h4-6,8-9,12H,2-3,7,10H2,1H3,(H,19,20,21). The van der Waals surface area contributed by atoms with E-state index in [-0.39, 0.29) is 17.6 Å². The Morgan fingerprint density at radius 3 is 2.88 bits per heavy atom. The largest absolute Gasteiger partial charge is 0.338 e. The zero-order chi connectivity index (χ0) is 17.4. The molecule has 1 N–H and O–H groups in total. The zero-order valence-corrected chi connectivity index (χ0v) is 13.8. The lowest BCUT2D eigenvalue weighted by atomic mass is 9.92. The molecule has 1 atom stereocenters. The summed E-state index contributed by atoms with van der Waals surface area (Å²) >= 11 is 0. The van der Waals surface area contributed by atoms with Gasteiger partial charge in [0.1, 0.15) is 11.0 Å². The second-order valence-corrected chi connectivity index (χ2v) is 6.34. The van der Waals surface area contributed by atoms with Gasteiger partial charge in [-0.15, -0.1) is 0 Å². The van der Waals surface area contributed by atoms with E-state index in [9.17, 15) is 9.59 Å². The number of rotatable bonds is 3. The number of H-pyrrole nitrogens is 1. The lowest BCUT2D eigenvalue weighted by molar-refractivity contribution is 0.0633. The Balaban J connectivity index is 1.53. The van der Waals surface area contributed by atoms with Crippen LogP contribution in [-0.4, -0.2) is 54.6 Å². The molecular formula is C17H18N6O2. The van der Waals surface area contributed by atoms with Crippen molar-refractivity contribution in [1.82, 2.24) is 29.9 Å². The van der Waals surface area contributed by atoms with Crippen molar-refractivity contribution in [2.24, 2.45) is 13.0 Å². The summed E-state index contributed by atoms with van der Waals surface area (Å²) in [4.78, 5) is 31.4. The number of benzene rings is 1. The van der Waals surface area contributed by atoms with Gasteiger partial charge in [0, 0.05) is 44.0 Å². The Hall–Kier alpha value is -3.03. The molecule has 1 amide bonds. The summed E-state index contributed by atoms with van der Waals surface area (Å²) in [5.74, 6) is 0.150. The van der Waals surface area contributed by atoms with Gasteiger partial charge in [0.05, 0.1) is 0 Å². The number of ketones is 1. The number of amides is 1. The van der Waals surface area contributed by atoms with Gasteiger partial charge in [-0.1, -0.05) is 0 Å². The molecule has 0 saturated carbocycles. The number of nitrogens with one attached hydrogen (secondary N) is 1. The number of piperidine rings is 1. The fraction of sp³-hybridized carbons (Fsp3) is 0.353. The molecular weight excluding hydrogens is 320 g/mol. The van der Waals surface area contributed by atoms with Crippen molar-refractivity contribution < 1.29 is 9.59 Å². The van der Waals surface area contributed by atoms with Crippen molar-refractivity contribution in [2.75, 3.05) is 13.1 Å². The molecule has 1 unspecified atom stereocenters. The lowest BCUT2D eigenvalue weighted by Crippen LogP contribution is -2.42. The van der Waals surface area contributed by atoms with Gasteiger partial charge in [0.2, 0.25) is 5.78 Å². The van der Waals surface area contributed by atoms with E-state index in [0.29, 0.717) is 30.0 Å². The monoisotopic (exact) mass is 338 g/mol. The fourth-order valence-corrected chi connectivity index (χ4v) is 3.32. The molecule has 2 aromatic heterocycles. The number of hydrogen-bond acceptors (Lipinski definition) is 5. The minimum atomic E-state index is -0.213. The quantitative estimate of drug-likeness (QED) is 0.729. The molecule has 25 heavy (non-hydrogen) atoms. The molecule has 0 radical (unpaired) electrons. The van der Waals surface area contributed by atoms with Crippen LogP contribution < -0.4 is 0 Å². The third-order valence-corrected chi connectivity index (χ3v) is 4.68. The highest BCUT2D eigenvalue weighted by atomic mass is 16.2. The van der Waals surface area contributed by atoms with Crippen LogP contribution in [0.1, 0.15) is 33.8 Å². The Labute approximate surface area is 143 Å². The average Bonchev–Trinajstić information content (AvgIpc) is 3.28. The van der Waals surface area contributed by atoms with Crippen LogP contribution in [0.4, 0.5) is 0 Å². The normalized spacial score (nSPS) is 17.8. The van der Waals surface area contributed by atoms with Crippen LogP contribution in [0.2, 0.25) is 0 Å². The maximum absolute atomic E-state index is 12.8. The number of nitrogens with zero attached hydrogens (tertiary/aromatic N) is 5. The van der Waals surface area contributed by atoms with Crippen LogP contribution in [-0.2, 0) is 7.05 Å². The summed E-state index contributed by atoms with van der Waals surface area (Å²) in [5, 5.41) is 10.6. The second-order valence-electron chi connectivity index (χ2n) is 6.34. The van der Waals surface area contributed by atoms with Gasteiger partial charge >= 0.3 is 0 Å². The second kappa shape index (κ2) is 6.12. The number of aromatic nitrogens is 5. The number of aromatic amines is 1. The molecule has 0 aliphatic carbocycles. The first-order valence-electron chi connectivity index (χ1n) is 8.25. The first-order valence-corrected chi connectivity index (χ1v) is 8.25. The highest BCUT2D eigenvalue weighted by Gasteiger charge is 2.31. The molecule has 1 aliphatic heterocycles. The van der Waals surface area contributed by atoms with Crippen molar-refractivity contribution in [3.05, 3.63) is 42.0 Å². The molecule has 4 rings (SSSR count). The third kappa shape index (κ3) is 2.79. The molecule has 0 spiro atoms. The van der Waals surface area contributed by atoms with E-state index in [4.69, 9.17) is 0 Å². The summed E-state index contributed by atoms with van der Waals surface area (Å²) in [6, 6.07) is 5.25. The van der Waals surface area contributed by atoms with Gasteiger partial charge in [-0.2, -0.15) is 15.4 Å². The Morgan fingerprint density at radius 2 is 2.08 bits per heavy atom. The number of likely N-dealkylation sites (tertiary alicyclic amines) is 1. The number of Topliss-reactive ketones (excluding diaryl/α,β-unsaturated/α-hetero) is 1. The molecule has 1 saturated heterocycles. The van der Waals surface area contributed by atoms with Crippen molar-refractivity contribution in [2.45, 2.75) is 12.8 Å². The minimum Gasteiger partial charge on any atom is -0.338 e. The number of hydrogen-bond donors (Lipinski definition) is 1. The molecule has 3 heterocycles. The number of imidazole rings is 1. The van der Waals surface area contributed by atoms with E-state index < -0.39 is 0 Å². The van der Waals surface area contributed by atoms with Crippen molar-refractivity contribution in [1.29, 1.82) is 0 Å². The fourth-order valence-electron chi connectivity index (χ4n) is 3.32. The zero-order valence-electron chi connectivity index (χ0n) is 13.8. The van der Waals surface area contributed by atoms with Crippen molar-refractivity contribution >= 4 is 22.7 Å². The Kier molecular flexibility index (Phi) is 3.79. The number of aryl methyl sites for hydroxylation is 1. The van der Waals surface area contributed by atoms with Crippen LogP contribution in [0.25, 0.3) is 11.0 Å². The van der Waals surface area contributed by atoms with Gasteiger partial charge in [-0.05, 0) is 31.0 Å². The SMILES string of the molecule is Cn1ccnc1C(=O)C1CCCN(C(=O)c2ccc3n[nH]nc3c2)C1. The Bertz CT molecular complexity index is 943. The molecule has 1 aromatic carbocycles. The van der Waals surface area contributed by atoms with Crippen LogP contribution in [0.5, 0.6) is 0 Å². The van der Waals surface area contributed by atoms with E-state index >= 15 is 0 Å². The third-order valence-electron chi connectivity index (χ3n) is 4.68. The maximum Gasteiger partial charge on any atom is 0.253 e. The van der Waals surface area contributed by atoms with Crippen molar-refractivity contribution in [3.63, 3.8) is 0 Å². The number of carbonyl (C=O) groups is 2. The predicted molar refractivity (Wildman–Crippen MR) is 90.1 cm³/mol. The molecule has 3 aromatic rings. The van der Waals surface area contributed by atoms with E-state index in [1.807, 2.05) is 0 Å².